The summed E-state index contributed by atoms with van der Waals surface area (Å²) in [5.74, 6) is -0.968. The Morgan fingerprint density at radius 2 is 1.72 bits per heavy atom. The molecule has 1 atom stereocenters. The van der Waals surface area contributed by atoms with E-state index in [9.17, 15) is 14.7 Å². The van der Waals surface area contributed by atoms with E-state index in [4.69, 9.17) is 4.74 Å². The van der Waals surface area contributed by atoms with Crippen LogP contribution in [0.25, 0.3) is 5.76 Å². The van der Waals surface area contributed by atoms with Crippen molar-refractivity contribution < 1.29 is 19.4 Å². The van der Waals surface area contributed by atoms with Gasteiger partial charge in [0.15, 0.2) is 0 Å². The monoisotopic (exact) mass is 426 g/mol. The van der Waals surface area contributed by atoms with Crippen molar-refractivity contribution in [1.82, 2.24) is 9.88 Å². The Morgan fingerprint density at radius 1 is 1.03 bits per heavy atom. The smallest absolute Gasteiger partial charge is 0.295 e. The molecule has 0 saturated carbocycles. The first-order valence-electron chi connectivity index (χ1n) is 10.2. The summed E-state index contributed by atoms with van der Waals surface area (Å²) in [6.45, 7) is 4.19. The van der Waals surface area contributed by atoms with E-state index in [2.05, 4.69) is 11.6 Å². The molecule has 1 aliphatic heterocycles. The normalized spacial score (nSPS) is 17.4. The molecule has 1 aliphatic rings. The lowest BCUT2D eigenvalue weighted by Gasteiger charge is -2.25. The lowest BCUT2D eigenvalue weighted by Crippen LogP contribution is -2.29. The number of pyridine rings is 1. The number of rotatable bonds is 7. The van der Waals surface area contributed by atoms with Crippen LogP contribution in [-0.2, 0) is 16.1 Å². The van der Waals surface area contributed by atoms with Crippen molar-refractivity contribution in [3.8, 4) is 5.75 Å². The Bertz CT molecular complexity index is 1160. The molecular formula is C26H22N2O4. The molecule has 3 aromatic rings. The predicted molar refractivity (Wildman–Crippen MR) is 121 cm³/mol. The minimum Gasteiger partial charge on any atom is -0.507 e. The molecule has 32 heavy (non-hydrogen) atoms. The average Bonchev–Trinajstić information content (AvgIpc) is 3.09. The number of likely N-dealkylation sites (tertiary alicyclic amines) is 1. The van der Waals surface area contributed by atoms with Crippen LogP contribution in [0, 0.1) is 0 Å². The molecule has 6 heteroatoms. The van der Waals surface area contributed by atoms with E-state index in [-0.39, 0.29) is 17.9 Å². The number of aliphatic hydroxyl groups excluding tert-OH is 1. The van der Waals surface area contributed by atoms with E-state index in [1.165, 1.54) is 4.90 Å². The number of benzene rings is 2. The van der Waals surface area contributed by atoms with Crippen molar-refractivity contribution in [2.75, 3.05) is 6.61 Å². The molecule has 1 saturated heterocycles. The van der Waals surface area contributed by atoms with E-state index in [1.807, 2.05) is 30.3 Å². The highest BCUT2D eigenvalue weighted by molar-refractivity contribution is 6.46. The standard InChI is InChI=1S/C26H22N2O4/c1-2-16-32-21-10-8-20(9-11-21)24(29)22-23(19-6-4-3-5-7-19)28(26(31)25(22)30)17-18-12-14-27-15-13-18/h2-15,23,29H,1,16-17H2/t23-/m0/s1. The van der Waals surface area contributed by atoms with Gasteiger partial charge in [-0.25, -0.2) is 0 Å². The van der Waals surface area contributed by atoms with Crippen molar-refractivity contribution >= 4 is 17.4 Å². The van der Waals surface area contributed by atoms with Gasteiger partial charge in [0.2, 0.25) is 0 Å². The van der Waals surface area contributed by atoms with Crippen LogP contribution in [-0.4, -0.2) is 33.3 Å². The maximum Gasteiger partial charge on any atom is 0.295 e. The molecule has 0 radical (unpaired) electrons. The number of aliphatic hydroxyl groups is 1. The van der Waals surface area contributed by atoms with Crippen molar-refractivity contribution in [2.24, 2.45) is 0 Å². The topological polar surface area (TPSA) is 79.7 Å². The van der Waals surface area contributed by atoms with Gasteiger partial charge in [-0.2, -0.15) is 0 Å². The second-order valence-corrected chi connectivity index (χ2v) is 7.32. The van der Waals surface area contributed by atoms with Crippen LogP contribution < -0.4 is 4.74 Å². The summed E-state index contributed by atoms with van der Waals surface area (Å²) >= 11 is 0. The van der Waals surface area contributed by atoms with Gasteiger partial charge in [0.1, 0.15) is 18.1 Å². The number of carbonyl (C=O) groups is 2. The lowest BCUT2D eigenvalue weighted by atomic mass is 9.95. The first kappa shape index (κ1) is 21.1. The number of ketones is 1. The molecule has 160 valence electrons. The molecular weight excluding hydrogens is 404 g/mol. The third kappa shape index (κ3) is 4.16. The molecule has 2 heterocycles. The number of Topliss-reactive ketones (excluding diaryl/α,β-unsaturated/α-hetero) is 1. The van der Waals surface area contributed by atoms with Gasteiger partial charge in [-0.1, -0.05) is 43.0 Å². The fraction of sp³-hybridized carbons (Fsp3) is 0.115. The minimum atomic E-state index is -0.711. The van der Waals surface area contributed by atoms with Crippen LogP contribution in [0.2, 0.25) is 0 Å². The van der Waals surface area contributed by atoms with Gasteiger partial charge in [-0.3, -0.25) is 14.6 Å². The molecule has 1 N–H and O–H groups in total. The Kier molecular flexibility index (Phi) is 6.12. The summed E-state index contributed by atoms with van der Waals surface area (Å²) < 4.78 is 5.48. The Balaban J connectivity index is 1.77. The number of ether oxygens (including phenoxy) is 1. The zero-order chi connectivity index (χ0) is 22.5. The molecule has 1 amide bonds. The van der Waals surface area contributed by atoms with Gasteiger partial charge in [-0.05, 0) is 47.5 Å². The van der Waals surface area contributed by atoms with Crippen LogP contribution >= 0.6 is 0 Å². The Morgan fingerprint density at radius 3 is 2.38 bits per heavy atom. The zero-order valence-corrected chi connectivity index (χ0v) is 17.3. The fourth-order valence-electron chi connectivity index (χ4n) is 3.73. The first-order valence-corrected chi connectivity index (χ1v) is 10.2. The van der Waals surface area contributed by atoms with Crippen LogP contribution in [0.4, 0.5) is 0 Å². The van der Waals surface area contributed by atoms with Gasteiger partial charge in [0.05, 0.1) is 11.6 Å². The SMILES string of the molecule is C=CCOc1ccc(C(O)=C2C(=O)C(=O)N(Cc3ccncc3)[C@H]2c2ccccc2)cc1. The number of hydrogen-bond acceptors (Lipinski definition) is 5. The molecule has 6 nitrogen and oxygen atoms in total. The minimum absolute atomic E-state index is 0.0648. The number of hydrogen-bond donors (Lipinski definition) is 1. The van der Waals surface area contributed by atoms with Gasteiger partial charge >= 0.3 is 0 Å². The van der Waals surface area contributed by atoms with Crippen molar-refractivity contribution in [3.05, 3.63) is 114 Å². The fourth-order valence-corrected chi connectivity index (χ4v) is 3.73. The molecule has 0 unspecified atom stereocenters. The van der Waals surface area contributed by atoms with Crippen molar-refractivity contribution in [1.29, 1.82) is 0 Å². The highest BCUT2D eigenvalue weighted by Crippen LogP contribution is 2.40. The summed E-state index contributed by atoms with van der Waals surface area (Å²) in [4.78, 5) is 31.5. The van der Waals surface area contributed by atoms with E-state index in [1.54, 1.807) is 54.9 Å². The number of nitrogens with zero attached hydrogens (tertiary/aromatic N) is 2. The molecule has 1 aromatic heterocycles. The summed E-state index contributed by atoms with van der Waals surface area (Å²) in [5.41, 5.74) is 2.08. The van der Waals surface area contributed by atoms with E-state index in [0.717, 1.165) is 11.1 Å². The van der Waals surface area contributed by atoms with Crippen LogP contribution in [0.1, 0.15) is 22.7 Å². The highest BCUT2D eigenvalue weighted by Gasteiger charge is 2.45. The molecule has 0 spiro atoms. The summed E-state index contributed by atoms with van der Waals surface area (Å²) in [5, 5.41) is 11.1. The molecule has 0 bridgehead atoms. The maximum atomic E-state index is 13.1. The van der Waals surface area contributed by atoms with Gasteiger partial charge in [0, 0.05) is 24.5 Å². The average molecular weight is 426 g/mol. The van der Waals surface area contributed by atoms with Crippen LogP contribution in [0.15, 0.2) is 97.4 Å². The third-order valence-electron chi connectivity index (χ3n) is 5.25. The second-order valence-electron chi connectivity index (χ2n) is 7.32. The third-order valence-corrected chi connectivity index (χ3v) is 5.25. The number of aromatic nitrogens is 1. The quantitative estimate of drug-likeness (QED) is 0.264. The predicted octanol–water partition coefficient (Wildman–Crippen LogP) is 4.27. The van der Waals surface area contributed by atoms with Gasteiger partial charge in [0.25, 0.3) is 11.7 Å². The molecule has 2 aromatic carbocycles. The Labute approximate surface area is 186 Å². The van der Waals surface area contributed by atoms with Crippen LogP contribution in [0.5, 0.6) is 5.75 Å². The van der Waals surface area contributed by atoms with Crippen molar-refractivity contribution in [2.45, 2.75) is 12.6 Å². The van der Waals surface area contributed by atoms with Crippen LogP contribution in [0.3, 0.4) is 0 Å². The van der Waals surface area contributed by atoms with Gasteiger partial charge < -0.3 is 14.7 Å². The van der Waals surface area contributed by atoms with Gasteiger partial charge in [-0.15, -0.1) is 0 Å². The lowest BCUT2D eigenvalue weighted by molar-refractivity contribution is -0.140. The zero-order valence-electron chi connectivity index (χ0n) is 17.3. The Hall–Kier alpha value is -4.19. The number of amides is 1. The second kappa shape index (κ2) is 9.31. The molecule has 1 fully saturated rings. The van der Waals surface area contributed by atoms with E-state index in [0.29, 0.717) is 17.9 Å². The summed E-state index contributed by atoms with van der Waals surface area (Å²) in [7, 11) is 0. The molecule has 0 aliphatic carbocycles. The largest absolute Gasteiger partial charge is 0.507 e. The van der Waals surface area contributed by atoms with E-state index < -0.39 is 17.7 Å². The number of carbonyl (C=O) groups excluding carboxylic acids is 2. The van der Waals surface area contributed by atoms with E-state index >= 15 is 0 Å². The summed E-state index contributed by atoms with van der Waals surface area (Å²) in [6, 6.07) is 18.8. The van der Waals surface area contributed by atoms with Crippen molar-refractivity contribution in [3.63, 3.8) is 0 Å². The highest BCUT2D eigenvalue weighted by atomic mass is 16.5. The summed E-state index contributed by atoms with van der Waals surface area (Å²) in [6.07, 6.45) is 4.91. The first-order chi connectivity index (χ1) is 15.6. The maximum absolute atomic E-state index is 13.1. The molecule has 4 rings (SSSR count).